The van der Waals surface area contributed by atoms with Gasteiger partial charge in [0.1, 0.15) is 0 Å². The van der Waals surface area contributed by atoms with E-state index in [1.165, 1.54) is 11.1 Å². The largest absolute Gasteiger partial charge is 0.260 e. The molecule has 0 aliphatic rings. The smallest absolute Gasteiger partial charge is 0.0275 e. The van der Waals surface area contributed by atoms with E-state index in [0.29, 0.717) is 0 Å². The molecule has 1 aromatic rings. The number of hydrogen-bond acceptors (Lipinski definition) is 2. The Bertz CT molecular complexity index is 367. The molecule has 17 heavy (non-hydrogen) atoms. The molecule has 1 aromatic carbocycles. The monoisotopic (exact) mass is 234 g/mol. The number of rotatable bonds is 5. The lowest BCUT2D eigenvalue weighted by molar-refractivity contribution is 0.265. The quantitative estimate of drug-likeness (QED) is 0.765. The highest BCUT2D eigenvalue weighted by atomic mass is 15.4. The third-order valence-electron chi connectivity index (χ3n) is 3.15. The van der Waals surface area contributed by atoms with Gasteiger partial charge in [0.05, 0.1) is 0 Å². The molecule has 0 heterocycles. The highest BCUT2D eigenvalue weighted by Gasteiger charge is 2.29. The highest BCUT2D eigenvalue weighted by Crippen LogP contribution is 2.32. The van der Waals surface area contributed by atoms with E-state index in [0.717, 1.165) is 6.42 Å². The van der Waals surface area contributed by atoms with Crippen LogP contribution in [0.2, 0.25) is 0 Å². The summed E-state index contributed by atoms with van der Waals surface area (Å²) in [4.78, 5) is 0. The molecule has 0 aromatic heterocycles. The van der Waals surface area contributed by atoms with E-state index in [1.54, 1.807) is 0 Å². The van der Waals surface area contributed by atoms with Crippen molar-refractivity contribution in [1.29, 1.82) is 0 Å². The molecule has 0 aliphatic heterocycles. The molecule has 0 aliphatic carbocycles. The topological polar surface area (TPSA) is 24.1 Å². The first-order chi connectivity index (χ1) is 7.77. The molecule has 0 saturated heterocycles. The van der Waals surface area contributed by atoms with Gasteiger partial charge in [-0.1, -0.05) is 43.7 Å². The summed E-state index contributed by atoms with van der Waals surface area (Å²) >= 11 is 0. The fourth-order valence-corrected chi connectivity index (χ4v) is 2.66. The van der Waals surface area contributed by atoms with Crippen LogP contribution >= 0.6 is 0 Å². The van der Waals surface area contributed by atoms with Crippen molar-refractivity contribution in [1.82, 2.24) is 10.9 Å². The van der Waals surface area contributed by atoms with Gasteiger partial charge in [0, 0.05) is 5.54 Å². The van der Waals surface area contributed by atoms with Crippen LogP contribution in [0.15, 0.2) is 24.3 Å². The maximum atomic E-state index is 3.31. The SMILES string of the molecule is CNNC(C)(C)CC(C)(C)c1cccc(C)c1. The number of nitrogens with one attached hydrogen (secondary N) is 2. The molecule has 2 N–H and O–H groups in total. The van der Waals surface area contributed by atoms with Gasteiger partial charge in [-0.15, -0.1) is 0 Å². The molecule has 1 rings (SSSR count). The van der Waals surface area contributed by atoms with Crippen LogP contribution in [0.5, 0.6) is 0 Å². The minimum absolute atomic E-state index is 0.0714. The molecule has 0 saturated carbocycles. The molecule has 0 amide bonds. The van der Waals surface area contributed by atoms with E-state index < -0.39 is 0 Å². The summed E-state index contributed by atoms with van der Waals surface area (Å²) < 4.78 is 0. The Hall–Kier alpha value is -0.860. The zero-order chi connectivity index (χ0) is 13.1. The second-order valence-electron chi connectivity index (χ2n) is 6.19. The van der Waals surface area contributed by atoms with Crippen molar-refractivity contribution < 1.29 is 0 Å². The van der Waals surface area contributed by atoms with E-state index >= 15 is 0 Å². The van der Waals surface area contributed by atoms with E-state index in [2.05, 4.69) is 69.7 Å². The average molecular weight is 234 g/mol. The number of aryl methyl sites for hydroxylation is 1. The summed E-state index contributed by atoms with van der Waals surface area (Å²) in [7, 11) is 1.92. The summed E-state index contributed by atoms with van der Waals surface area (Å²) in [6.45, 7) is 11.2. The predicted octanol–water partition coefficient (Wildman–Crippen LogP) is 3.17. The Kier molecular flexibility index (Phi) is 4.34. The summed E-state index contributed by atoms with van der Waals surface area (Å²) in [6, 6.07) is 8.80. The van der Waals surface area contributed by atoms with Gasteiger partial charge in [-0.25, -0.2) is 0 Å². The molecular formula is C15H26N2. The lowest BCUT2D eigenvalue weighted by Crippen LogP contribution is -2.49. The summed E-state index contributed by atoms with van der Waals surface area (Å²) in [5.74, 6) is 0. The van der Waals surface area contributed by atoms with Gasteiger partial charge in [0.15, 0.2) is 0 Å². The second-order valence-corrected chi connectivity index (χ2v) is 6.19. The maximum Gasteiger partial charge on any atom is 0.0275 e. The van der Waals surface area contributed by atoms with Gasteiger partial charge in [-0.05, 0) is 45.2 Å². The summed E-state index contributed by atoms with van der Waals surface area (Å²) in [5, 5.41) is 0. The van der Waals surface area contributed by atoms with Crippen molar-refractivity contribution in [2.24, 2.45) is 0 Å². The molecule has 0 spiro atoms. The zero-order valence-corrected chi connectivity index (χ0v) is 12.0. The Morgan fingerprint density at radius 2 is 1.76 bits per heavy atom. The Morgan fingerprint density at radius 3 is 2.29 bits per heavy atom. The average Bonchev–Trinajstić information content (AvgIpc) is 2.15. The second kappa shape index (κ2) is 5.19. The van der Waals surface area contributed by atoms with Gasteiger partial charge in [-0.3, -0.25) is 10.9 Å². The molecule has 0 bridgehead atoms. The van der Waals surface area contributed by atoms with Crippen LogP contribution in [-0.4, -0.2) is 12.6 Å². The third kappa shape index (κ3) is 4.14. The van der Waals surface area contributed by atoms with Gasteiger partial charge < -0.3 is 0 Å². The lowest BCUT2D eigenvalue weighted by atomic mass is 9.75. The number of hydrogen-bond donors (Lipinski definition) is 2. The molecule has 2 heteroatoms. The fourth-order valence-electron chi connectivity index (χ4n) is 2.66. The third-order valence-corrected chi connectivity index (χ3v) is 3.15. The van der Waals surface area contributed by atoms with Crippen LogP contribution in [0.1, 0.15) is 45.2 Å². The molecule has 0 unspecified atom stereocenters. The molecule has 0 fully saturated rings. The first-order valence-corrected chi connectivity index (χ1v) is 6.28. The van der Waals surface area contributed by atoms with Crippen LogP contribution in [0.4, 0.5) is 0 Å². The minimum Gasteiger partial charge on any atom is -0.260 e. The van der Waals surface area contributed by atoms with Crippen LogP contribution in [0, 0.1) is 6.92 Å². The molecule has 0 atom stereocenters. The Morgan fingerprint density at radius 1 is 1.12 bits per heavy atom. The van der Waals surface area contributed by atoms with Crippen molar-refractivity contribution in [2.75, 3.05) is 7.05 Å². The highest BCUT2D eigenvalue weighted by molar-refractivity contribution is 5.28. The first kappa shape index (κ1) is 14.2. The maximum absolute atomic E-state index is 3.31. The number of hydrazine groups is 1. The van der Waals surface area contributed by atoms with Gasteiger partial charge >= 0.3 is 0 Å². The van der Waals surface area contributed by atoms with Gasteiger partial charge in [-0.2, -0.15) is 0 Å². The minimum atomic E-state index is 0.0714. The lowest BCUT2D eigenvalue weighted by Gasteiger charge is -2.36. The van der Waals surface area contributed by atoms with Crippen molar-refractivity contribution in [3.63, 3.8) is 0 Å². The first-order valence-electron chi connectivity index (χ1n) is 6.28. The van der Waals surface area contributed by atoms with Gasteiger partial charge in [0.25, 0.3) is 0 Å². The van der Waals surface area contributed by atoms with Crippen LogP contribution in [0.3, 0.4) is 0 Å². The van der Waals surface area contributed by atoms with Crippen LogP contribution in [-0.2, 0) is 5.41 Å². The molecule has 0 radical (unpaired) electrons. The number of benzene rings is 1. The summed E-state index contributed by atoms with van der Waals surface area (Å²) in [5.41, 5.74) is 9.33. The van der Waals surface area contributed by atoms with Crippen LogP contribution in [0.25, 0.3) is 0 Å². The standard InChI is InChI=1S/C15H26N2/c1-12-8-7-9-13(10-12)14(2,3)11-15(4,5)17-16-6/h7-10,16-17H,11H2,1-6H3. The van der Waals surface area contributed by atoms with E-state index in [4.69, 9.17) is 0 Å². The van der Waals surface area contributed by atoms with Crippen molar-refractivity contribution >= 4 is 0 Å². The van der Waals surface area contributed by atoms with Crippen molar-refractivity contribution in [3.8, 4) is 0 Å². The van der Waals surface area contributed by atoms with E-state index in [1.807, 2.05) is 7.05 Å². The Labute approximate surface area is 106 Å². The normalized spacial score (nSPS) is 12.8. The molecule has 2 nitrogen and oxygen atoms in total. The predicted molar refractivity (Wildman–Crippen MR) is 75.1 cm³/mol. The molecule has 96 valence electrons. The van der Waals surface area contributed by atoms with E-state index in [9.17, 15) is 0 Å². The van der Waals surface area contributed by atoms with Crippen molar-refractivity contribution in [3.05, 3.63) is 35.4 Å². The zero-order valence-electron chi connectivity index (χ0n) is 12.0. The summed E-state index contributed by atoms with van der Waals surface area (Å²) in [6.07, 6.45) is 1.07. The van der Waals surface area contributed by atoms with Crippen molar-refractivity contribution in [2.45, 2.75) is 52.0 Å². The molecular weight excluding hydrogens is 208 g/mol. The van der Waals surface area contributed by atoms with Crippen LogP contribution < -0.4 is 10.9 Å². The fraction of sp³-hybridized carbons (Fsp3) is 0.600. The Balaban J connectivity index is 2.88. The van der Waals surface area contributed by atoms with Gasteiger partial charge in [0.2, 0.25) is 0 Å². The van der Waals surface area contributed by atoms with E-state index in [-0.39, 0.29) is 11.0 Å².